The van der Waals surface area contributed by atoms with Crippen molar-refractivity contribution in [2.75, 3.05) is 0 Å². The molecular formula is C13H15ClFN3. The highest BCUT2D eigenvalue weighted by atomic mass is 35.5. The molecule has 0 fully saturated rings. The molecule has 0 amide bonds. The van der Waals surface area contributed by atoms with Crippen LogP contribution in [-0.4, -0.2) is 9.55 Å². The molecule has 0 saturated heterocycles. The maximum atomic E-state index is 13.8. The predicted molar refractivity (Wildman–Crippen MR) is 70.3 cm³/mol. The molecule has 5 heteroatoms. The standard InChI is InChI=1S/C13H15ClFN3/c1-8(2)13(16)12-6-17-7-18(12)11-5-9(14)3-4-10(11)15/h3-8,13H,16H2,1-2H3. The topological polar surface area (TPSA) is 43.8 Å². The smallest absolute Gasteiger partial charge is 0.147 e. The summed E-state index contributed by atoms with van der Waals surface area (Å²) in [6.45, 7) is 4.02. The van der Waals surface area contributed by atoms with Gasteiger partial charge in [-0.2, -0.15) is 0 Å². The first kappa shape index (κ1) is 13.1. The van der Waals surface area contributed by atoms with Crippen LogP contribution in [0.25, 0.3) is 5.69 Å². The van der Waals surface area contributed by atoms with E-state index in [4.69, 9.17) is 17.3 Å². The van der Waals surface area contributed by atoms with E-state index in [1.54, 1.807) is 23.2 Å². The van der Waals surface area contributed by atoms with E-state index >= 15 is 0 Å². The summed E-state index contributed by atoms with van der Waals surface area (Å²) in [6, 6.07) is 4.21. The van der Waals surface area contributed by atoms with Crippen molar-refractivity contribution in [3.05, 3.63) is 47.3 Å². The van der Waals surface area contributed by atoms with E-state index < -0.39 is 0 Å². The summed E-state index contributed by atoms with van der Waals surface area (Å²) in [6.07, 6.45) is 3.21. The Kier molecular flexibility index (Phi) is 3.68. The molecule has 0 aliphatic heterocycles. The Morgan fingerprint density at radius 1 is 1.39 bits per heavy atom. The van der Waals surface area contributed by atoms with E-state index in [0.29, 0.717) is 10.7 Å². The van der Waals surface area contributed by atoms with Crippen molar-refractivity contribution in [2.45, 2.75) is 19.9 Å². The maximum Gasteiger partial charge on any atom is 0.147 e. The summed E-state index contributed by atoms with van der Waals surface area (Å²) in [4.78, 5) is 4.05. The molecule has 2 N–H and O–H groups in total. The van der Waals surface area contributed by atoms with Crippen molar-refractivity contribution in [1.29, 1.82) is 0 Å². The highest BCUT2D eigenvalue weighted by Crippen LogP contribution is 2.25. The van der Waals surface area contributed by atoms with Gasteiger partial charge >= 0.3 is 0 Å². The van der Waals surface area contributed by atoms with Gasteiger partial charge in [-0.05, 0) is 24.1 Å². The molecule has 0 aliphatic carbocycles. The molecule has 0 bridgehead atoms. The molecule has 1 heterocycles. The average Bonchev–Trinajstić information content (AvgIpc) is 2.80. The first-order valence-electron chi connectivity index (χ1n) is 5.74. The van der Waals surface area contributed by atoms with E-state index in [9.17, 15) is 4.39 Å². The highest BCUT2D eigenvalue weighted by molar-refractivity contribution is 6.30. The van der Waals surface area contributed by atoms with Crippen molar-refractivity contribution in [3.8, 4) is 5.69 Å². The van der Waals surface area contributed by atoms with E-state index in [-0.39, 0.29) is 17.8 Å². The van der Waals surface area contributed by atoms with Crippen molar-refractivity contribution in [2.24, 2.45) is 11.7 Å². The zero-order chi connectivity index (χ0) is 13.3. The fourth-order valence-electron chi connectivity index (χ4n) is 1.77. The third kappa shape index (κ3) is 2.40. The van der Waals surface area contributed by atoms with Gasteiger partial charge in [-0.3, -0.25) is 4.57 Å². The van der Waals surface area contributed by atoms with Gasteiger partial charge in [0.2, 0.25) is 0 Å². The molecule has 2 rings (SSSR count). The summed E-state index contributed by atoms with van der Waals surface area (Å²) < 4.78 is 15.5. The minimum absolute atomic E-state index is 0.203. The van der Waals surface area contributed by atoms with Crippen LogP contribution < -0.4 is 5.73 Å². The Morgan fingerprint density at radius 3 is 2.78 bits per heavy atom. The highest BCUT2D eigenvalue weighted by Gasteiger charge is 2.17. The lowest BCUT2D eigenvalue weighted by molar-refractivity contribution is 0.494. The van der Waals surface area contributed by atoms with E-state index in [1.165, 1.54) is 12.1 Å². The van der Waals surface area contributed by atoms with Crippen LogP contribution in [0.3, 0.4) is 0 Å². The molecule has 2 aromatic rings. The van der Waals surface area contributed by atoms with E-state index in [0.717, 1.165) is 5.69 Å². The Labute approximate surface area is 110 Å². The van der Waals surface area contributed by atoms with Crippen LogP contribution in [0.5, 0.6) is 0 Å². The largest absolute Gasteiger partial charge is 0.322 e. The molecule has 1 aromatic carbocycles. The van der Waals surface area contributed by atoms with Gasteiger partial charge in [0.1, 0.15) is 5.82 Å². The van der Waals surface area contributed by atoms with Gasteiger partial charge in [0, 0.05) is 11.1 Å². The van der Waals surface area contributed by atoms with Crippen molar-refractivity contribution in [1.82, 2.24) is 9.55 Å². The summed E-state index contributed by atoms with van der Waals surface area (Å²) in [5.74, 6) is -0.114. The number of halogens is 2. The number of benzene rings is 1. The maximum absolute atomic E-state index is 13.8. The minimum Gasteiger partial charge on any atom is -0.322 e. The molecule has 96 valence electrons. The molecule has 3 nitrogen and oxygen atoms in total. The van der Waals surface area contributed by atoms with E-state index in [1.807, 2.05) is 13.8 Å². The minimum atomic E-state index is -0.352. The molecule has 1 atom stereocenters. The fraction of sp³-hybridized carbons (Fsp3) is 0.308. The van der Waals surface area contributed by atoms with Crippen LogP contribution in [0, 0.1) is 11.7 Å². The molecule has 0 saturated carbocycles. The summed E-state index contributed by atoms with van der Waals surface area (Å²) in [5, 5.41) is 0.476. The molecule has 0 spiro atoms. The summed E-state index contributed by atoms with van der Waals surface area (Å²) >= 11 is 5.90. The van der Waals surface area contributed by atoms with Crippen LogP contribution in [0.15, 0.2) is 30.7 Å². The van der Waals surface area contributed by atoms with Gasteiger partial charge in [0.25, 0.3) is 0 Å². The average molecular weight is 268 g/mol. The quantitative estimate of drug-likeness (QED) is 0.927. The van der Waals surface area contributed by atoms with Gasteiger partial charge in [0.15, 0.2) is 0 Å². The molecule has 18 heavy (non-hydrogen) atoms. The fourth-order valence-corrected chi connectivity index (χ4v) is 1.93. The number of nitrogens with zero attached hydrogens (tertiary/aromatic N) is 2. The van der Waals surface area contributed by atoms with Crippen molar-refractivity contribution >= 4 is 11.6 Å². The molecular weight excluding hydrogens is 253 g/mol. The molecule has 1 unspecified atom stereocenters. The molecule has 1 aromatic heterocycles. The van der Waals surface area contributed by atoms with Crippen molar-refractivity contribution in [3.63, 3.8) is 0 Å². The third-order valence-corrected chi connectivity index (χ3v) is 3.13. The number of nitrogens with two attached hydrogens (primary N) is 1. The van der Waals surface area contributed by atoms with Gasteiger partial charge in [-0.15, -0.1) is 0 Å². The number of aromatic nitrogens is 2. The molecule has 0 aliphatic rings. The number of imidazole rings is 1. The van der Waals surface area contributed by atoms with Crippen LogP contribution in [0.1, 0.15) is 25.6 Å². The lowest BCUT2D eigenvalue weighted by Gasteiger charge is -2.18. The van der Waals surface area contributed by atoms with Gasteiger partial charge in [0.05, 0.1) is 23.9 Å². The normalized spacial score (nSPS) is 13.0. The lowest BCUT2D eigenvalue weighted by atomic mass is 10.0. The monoisotopic (exact) mass is 267 g/mol. The number of rotatable bonds is 3. The van der Waals surface area contributed by atoms with Gasteiger partial charge < -0.3 is 5.73 Å². The predicted octanol–water partition coefficient (Wildman–Crippen LogP) is 3.32. The van der Waals surface area contributed by atoms with Crippen LogP contribution in [-0.2, 0) is 0 Å². The first-order chi connectivity index (χ1) is 8.50. The second-order valence-electron chi connectivity index (χ2n) is 4.55. The van der Waals surface area contributed by atoms with Crippen LogP contribution in [0.2, 0.25) is 5.02 Å². The lowest BCUT2D eigenvalue weighted by Crippen LogP contribution is -2.20. The number of hydrogen-bond donors (Lipinski definition) is 1. The summed E-state index contributed by atoms with van der Waals surface area (Å²) in [7, 11) is 0. The Bertz CT molecular complexity index is 551. The zero-order valence-electron chi connectivity index (χ0n) is 10.3. The Morgan fingerprint density at radius 2 is 2.11 bits per heavy atom. The van der Waals surface area contributed by atoms with Crippen LogP contribution in [0.4, 0.5) is 4.39 Å². The third-order valence-electron chi connectivity index (χ3n) is 2.89. The van der Waals surface area contributed by atoms with Crippen LogP contribution >= 0.6 is 11.6 Å². The second-order valence-corrected chi connectivity index (χ2v) is 4.99. The number of hydrogen-bond acceptors (Lipinski definition) is 2. The first-order valence-corrected chi connectivity index (χ1v) is 6.11. The molecule has 0 radical (unpaired) electrons. The van der Waals surface area contributed by atoms with Gasteiger partial charge in [-0.1, -0.05) is 25.4 Å². The Balaban J connectivity index is 2.52. The Hall–Kier alpha value is -1.39. The summed E-state index contributed by atoms with van der Waals surface area (Å²) in [5.41, 5.74) is 7.23. The second kappa shape index (κ2) is 5.08. The SMILES string of the molecule is CC(C)C(N)c1cncn1-c1cc(Cl)ccc1F. The van der Waals surface area contributed by atoms with Gasteiger partial charge in [-0.25, -0.2) is 9.37 Å². The van der Waals surface area contributed by atoms with E-state index in [2.05, 4.69) is 4.98 Å². The van der Waals surface area contributed by atoms with Crippen molar-refractivity contribution < 1.29 is 4.39 Å². The zero-order valence-corrected chi connectivity index (χ0v) is 11.0.